The van der Waals surface area contributed by atoms with Gasteiger partial charge in [0.2, 0.25) is 0 Å². The largest absolute Gasteiger partial charge is 1.00 e. The third kappa shape index (κ3) is 49.6. The van der Waals surface area contributed by atoms with Crippen LogP contribution in [0.15, 0.2) is 12.7 Å². The molecule has 0 aromatic rings. The van der Waals surface area contributed by atoms with Gasteiger partial charge >= 0.3 is 41.5 Å². The molecule has 0 radical (unpaired) electrons. The Hall–Kier alpha value is -0.520. The van der Waals surface area contributed by atoms with Crippen molar-refractivity contribution in [1.29, 1.82) is 0 Å². The number of esters is 2. The van der Waals surface area contributed by atoms with Crippen LogP contribution in [0, 0.1) is 0 Å². The third-order valence-electron chi connectivity index (χ3n) is 2.54. The summed E-state index contributed by atoms with van der Waals surface area (Å²) in [6.45, 7) is 17.4. The summed E-state index contributed by atoms with van der Waals surface area (Å²) in [6.07, 6.45) is 1.45. The fourth-order valence-corrected chi connectivity index (χ4v) is 1.44. The van der Waals surface area contributed by atoms with E-state index in [2.05, 4.69) is 11.3 Å². The van der Waals surface area contributed by atoms with Gasteiger partial charge in [0.05, 0.1) is 52.7 Å². The van der Waals surface area contributed by atoms with Crippen LogP contribution in [-0.4, -0.2) is 88.7 Å². The number of aliphatic hydroxyl groups excluding tert-OH is 1. The van der Waals surface area contributed by atoms with Crippen LogP contribution >= 0.6 is 0 Å². The van der Waals surface area contributed by atoms with Gasteiger partial charge in [-0.2, -0.15) is 0 Å². The predicted octanol–water partition coefficient (Wildman–Crippen LogP) is 0.290. The van der Waals surface area contributed by atoms with E-state index in [1.54, 1.807) is 14.2 Å². The van der Waals surface area contributed by atoms with Crippen molar-refractivity contribution in [3.8, 4) is 0 Å². The van der Waals surface area contributed by atoms with Crippen molar-refractivity contribution in [3.63, 3.8) is 0 Å². The molecule has 0 unspecified atom stereocenters. The van der Waals surface area contributed by atoms with Gasteiger partial charge in [-0.15, -0.1) is 0 Å². The Morgan fingerprint density at radius 3 is 1.55 bits per heavy atom. The van der Waals surface area contributed by atoms with Gasteiger partial charge in [-0.3, -0.25) is 4.79 Å². The average molecular weight is 493 g/mol. The Labute approximate surface area is 225 Å². The molecular weight excluding hydrogens is 443 g/mol. The van der Waals surface area contributed by atoms with Gasteiger partial charge in [-0.05, 0) is 41.5 Å². The van der Waals surface area contributed by atoms with E-state index >= 15 is 0 Å². The summed E-state index contributed by atoms with van der Waals surface area (Å²) in [6, 6.07) is 0. The quantitative estimate of drug-likeness (QED) is 0.178. The number of rotatable bonds is 12. The Kier molecular flexibility index (Phi) is 35.8. The molecule has 33 heavy (non-hydrogen) atoms. The average Bonchev–Trinajstić information content (AvgIpc) is 2.63. The number of methoxy groups -OCH3 is 2. The maximum absolute atomic E-state index is 11.2. The van der Waals surface area contributed by atoms with Gasteiger partial charge in [-0.1, -0.05) is 14.0 Å². The van der Waals surface area contributed by atoms with Crippen LogP contribution in [0.3, 0.4) is 0 Å². The van der Waals surface area contributed by atoms with E-state index in [0.29, 0.717) is 46.1 Å². The monoisotopic (exact) mass is 492 g/mol. The normalized spacial score (nSPS) is 10.1. The summed E-state index contributed by atoms with van der Waals surface area (Å²) in [5.74, 6) is -0.600. The molecule has 0 saturated heterocycles. The minimum atomic E-state index is -0.413. The minimum Gasteiger partial charge on any atom is -1.00 e. The maximum Gasteiger partial charge on any atom is 1.00 e. The number of ether oxygens (including phenoxy) is 6. The zero-order valence-corrected chi connectivity index (χ0v) is 23.7. The first-order chi connectivity index (χ1) is 14.3. The SMILES string of the molecule is C.C=CC(=O)OC(C)(C)C.COCCOCCC(=O)OC(C)(C)C.COCCOCCO.[H-].[Na+]. The molecule has 0 aliphatic rings. The second kappa shape index (κ2) is 27.7. The summed E-state index contributed by atoms with van der Waals surface area (Å²) in [7, 11) is 3.22. The molecule has 0 atom stereocenters. The first kappa shape index (κ1) is 42.6. The molecule has 0 saturated carbocycles. The molecule has 0 amide bonds. The number of hydrogen-bond donors (Lipinski definition) is 1. The van der Waals surface area contributed by atoms with Crippen molar-refractivity contribution in [3.05, 3.63) is 12.7 Å². The van der Waals surface area contributed by atoms with Gasteiger partial charge in [0, 0.05) is 20.3 Å². The summed E-state index contributed by atoms with van der Waals surface area (Å²) in [5.41, 5.74) is -0.811. The topological polar surface area (TPSA) is 110 Å². The first-order valence-corrected chi connectivity index (χ1v) is 10.1. The van der Waals surface area contributed by atoms with Crippen LogP contribution in [0.4, 0.5) is 0 Å². The van der Waals surface area contributed by atoms with Crippen LogP contribution < -0.4 is 29.6 Å². The molecule has 0 bridgehead atoms. The molecule has 0 rings (SSSR count). The van der Waals surface area contributed by atoms with Crippen LogP contribution in [0.2, 0.25) is 0 Å². The molecule has 0 aliphatic carbocycles. The van der Waals surface area contributed by atoms with E-state index in [-0.39, 0.29) is 57.0 Å². The number of carbonyl (C=O) groups is 2. The predicted molar refractivity (Wildman–Crippen MR) is 127 cm³/mol. The van der Waals surface area contributed by atoms with E-state index in [1.165, 1.54) is 0 Å². The molecule has 0 fully saturated rings. The Morgan fingerprint density at radius 1 is 0.818 bits per heavy atom. The molecule has 196 valence electrons. The summed E-state index contributed by atoms with van der Waals surface area (Å²) >= 11 is 0. The third-order valence-corrected chi connectivity index (χ3v) is 2.54. The van der Waals surface area contributed by atoms with Crippen LogP contribution in [0.1, 0.15) is 56.8 Å². The van der Waals surface area contributed by atoms with Crippen LogP contribution in [0.25, 0.3) is 0 Å². The van der Waals surface area contributed by atoms with E-state index < -0.39 is 11.2 Å². The zero-order valence-electron chi connectivity index (χ0n) is 22.7. The van der Waals surface area contributed by atoms with Gasteiger partial charge in [0.1, 0.15) is 11.2 Å². The zero-order chi connectivity index (χ0) is 24.8. The van der Waals surface area contributed by atoms with Crippen molar-refractivity contribution in [2.45, 2.75) is 66.6 Å². The molecule has 0 aromatic heterocycles. The minimum absolute atomic E-state index is 0. The van der Waals surface area contributed by atoms with E-state index in [4.69, 9.17) is 28.8 Å². The molecule has 1 N–H and O–H groups in total. The van der Waals surface area contributed by atoms with Crippen molar-refractivity contribution >= 4 is 11.9 Å². The van der Waals surface area contributed by atoms with Crippen molar-refractivity contribution in [2.24, 2.45) is 0 Å². The van der Waals surface area contributed by atoms with Gasteiger partial charge in [-0.25, -0.2) is 4.79 Å². The maximum atomic E-state index is 11.2. The first-order valence-electron chi connectivity index (χ1n) is 10.1. The molecule has 0 aromatic carbocycles. The molecule has 0 heterocycles. The van der Waals surface area contributed by atoms with E-state index in [9.17, 15) is 9.59 Å². The number of hydrogen-bond acceptors (Lipinski definition) is 9. The second-order valence-electron chi connectivity index (χ2n) is 8.01. The number of carbonyl (C=O) groups excluding carboxylic acids is 2. The van der Waals surface area contributed by atoms with E-state index in [1.807, 2.05) is 41.5 Å². The molecule has 10 heteroatoms. The molecule has 0 aliphatic heterocycles. The van der Waals surface area contributed by atoms with Crippen molar-refractivity contribution < 1.29 is 74.1 Å². The van der Waals surface area contributed by atoms with Gasteiger partial charge in [0.25, 0.3) is 0 Å². The van der Waals surface area contributed by atoms with E-state index in [0.717, 1.165) is 6.08 Å². The Morgan fingerprint density at radius 2 is 1.24 bits per heavy atom. The molecule has 0 spiro atoms. The Balaban J connectivity index is -0.0000000867. The summed E-state index contributed by atoms with van der Waals surface area (Å²) < 4.78 is 29.4. The van der Waals surface area contributed by atoms with Gasteiger partial charge < -0.3 is 35.0 Å². The molecular formula is C23H49NaO9. The fourth-order valence-electron chi connectivity index (χ4n) is 1.44. The van der Waals surface area contributed by atoms with Crippen LogP contribution in [0.5, 0.6) is 0 Å². The summed E-state index contributed by atoms with van der Waals surface area (Å²) in [4.78, 5) is 21.6. The molecule has 9 nitrogen and oxygen atoms in total. The standard InChI is InChI=1S/C10H20O4.C7H12O2.C5H12O3.CH4.Na.H/c1-10(2,3)14-9(11)5-6-13-8-7-12-4;1-5-6(8)9-7(2,3)4;1-7-4-5-8-3-2-6;;;/h5-8H2,1-4H3;5H,1H2,2-4H3;6H,2-5H2,1H3;1H4;;/q;;;;+1;-1. The Bertz CT molecular complexity index is 445. The smallest absolute Gasteiger partial charge is 1.00 e. The fraction of sp³-hybridized carbons (Fsp3) is 0.826. The van der Waals surface area contributed by atoms with Crippen molar-refractivity contribution in [2.75, 3.05) is 60.5 Å². The second-order valence-corrected chi connectivity index (χ2v) is 8.01. The van der Waals surface area contributed by atoms with Crippen LogP contribution in [-0.2, 0) is 38.0 Å². The summed E-state index contributed by atoms with van der Waals surface area (Å²) in [5, 5.41) is 8.20. The van der Waals surface area contributed by atoms with Crippen molar-refractivity contribution in [1.82, 2.24) is 0 Å². The number of aliphatic hydroxyl groups is 1. The van der Waals surface area contributed by atoms with Gasteiger partial charge in [0.15, 0.2) is 0 Å².